The largest absolute Gasteiger partial charge is 0.328 e. The Morgan fingerprint density at radius 2 is 0.750 bits per heavy atom. The molecule has 0 radical (unpaired) electrons. The number of hydrogen-bond acceptors (Lipinski definition) is 0. The molecule has 0 bridgehead atoms. The lowest BCUT2D eigenvalue weighted by molar-refractivity contribution is -0.905. The SMILES string of the molecule is C[N+](C)(C)C1[C@@H]2CC[C@@H]3C2C2[C@@H]1CC[C@@H]2C3[N+](C)(C)C. The molecule has 0 aromatic carbocycles. The fourth-order valence-corrected chi connectivity index (χ4v) is 7.84. The van der Waals surface area contributed by atoms with Crippen LogP contribution in [-0.4, -0.2) is 63.3 Å². The molecule has 0 aliphatic heterocycles. The molecule has 0 spiro atoms. The summed E-state index contributed by atoms with van der Waals surface area (Å²) in [6.07, 6.45) is 6.13. The van der Waals surface area contributed by atoms with E-state index in [-0.39, 0.29) is 0 Å². The van der Waals surface area contributed by atoms with E-state index in [0.29, 0.717) is 0 Å². The molecule has 4 aliphatic carbocycles. The van der Waals surface area contributed by atoms with Crippen LogP contribution >= 0.6 is 0 Å². The first-order valence-electron chi connectivity index (χ1n) is 8.83. The maximum absolute atomic E-state index is 2.46. The van der Waals surface area contributed by atoms with Gasteiger partial charge < -0.3 is 8.97 Å². The summed E-state index contributed by atoms with van der Waals surface area (Å²) in [5, 5.41) is 0. The highest BCUT2D eigenvalue weighted by Gasteiger charge is 2.72. The normalized spacial score (nSPS) is 53.7. The molecule has 20 heavy (non-hydrogen) atoms. The fraction of sp³-hybridized carbons (Fsp3) is 1.00. The number of quaternary nitrogens is 2. The maximum Gasteiger partial charge on any atom is 0.0946 e. The van der Waals surface area contributed by atoms with Gasteiger partial charge in [0, 0.05) is 23.7 Å². The second kappa shape index (κ2) is 3.81. The van der Waals surface area contributed by atoms with Crippen molar-refractivity contribution in [2.24, 2.45) is 35.5 Å². The summed E-state index contributed by atoms with van der Waals surface area (Å²) < 4.78 is 2.44. The van der Waals surface area contributed by atoms with Crippen LogP contribution in [0.2, 0.25) is 0 Å². The summed E-state index contributed by atoms with van der Waals surface area (Å²) in [6.45, 7) is 0. The number of hydrogen-bond donors (Lipinski definition) is 0. The minimum atomic E-state index is 0.966. The van der Waals surface area contributed by atoms with Gasteiger partial charge in [-0.2, -0.15) is 0 Å². The fourth-order valence-electron chi connectivity index (χ4n) is 7.84. The van der Waals surface area contributed by atoms with E-state index in [9.17, 15) is 0 Å². The zero-order valence-corrected chi connectivity index (χ0v) is 14.3. The van der Waals surface area contributed by atoms with Gasteiger partial charge in [0.25, 0.3) is 0 Å². The second-order valence-electron chi connectivity index (χ2n) is 10.2. The molecule has 4 saturated carbocycles. The Bertz CT molecular complexity index is 352. The average Bonchev–Trinajstić information content (AvgIpc) is 2.92. The van der Waals surface area contributed by atoms with Crippen LogP contribution in [0.5, 0.6) is 0 Å². The second-order valence-corrected chi connectivity index (χ2v) is 10.2. The van der Waals surface area contributed by atoms with Crippen LogP contribution in [0.25, 0.3) is 0 Å². The molecule has 0 saturated heterocycles. The van der Waals surface area contributed by atoms with Gasteiger partial charge in [0.2, 0.25) is 0 Å². The Balaban J connectivity index is 1.74. The molecule has 0 aromatic rings. The molecule has 2 unspecified atom stereocenters. The molecule has 2 nitrogen and oxygen atoms in total. The van der Waals surface area contributed by atoms with Gasteiger partial charge in [0.1, 0.15) is 0 Å². The summed E-state index contributed by atoms with van der Waals surface area (Å²) in [7, 11) is 14.8. The molecule has 0 heterocycles. The van der Waals surface area contributed by atoms with E-state index >= 15 is 0 Å². The quantitative estimate of drug-likeness (QED) is 0.681. The summed E-state index contributed by atoms with van der Waals surface area (Å²) in [6, 6.07) is 1.93. The molecule has 4 fully saturated rings. The van der Waals surface area contributed by atoms with Crippen LogP contribution in [-0.2, 0) is 0 Å². The van der Waals surface area contributed by atoms with Gasteiger partial charge in [0.05, 0.1) is 54.4 Å². The van der Waals surface area contributed by atoms with Gasteiger partial charge in [0.15, 0.2) is 0 Å². The van der Waals surface area contributed by atoms with E-state index in [0.717, 1.165) is 47.6 Å². The Hall–Kier alpha value is -0.0800. The van der Waals surface area contributed by atoms with Gasteiger partial charge in [-0.15, -0.1) is 0 Å². The highest BCUT2D eigenvalue weighted by atomic mass is 15.3. The van der Waals surface area contributed by atoms with Gasteiger partial charge in [-0.05, 0) is 37.5 Å². The van der Waals surface area contributed by atoms with Crippen molar-refractivity contribution in [2.45, 2.75) is 37.8 Å². The van der Waals surface area contributed by atoms with Crippen molar-refractivity contribution in [2.75, 3.05) is 42.3 Å². The lowest BCUT2D eigenvalue weighted by Crippen LogP contribution is -2.52. The summed E-state index contributed by atoms with van der Waals surface area (Å²) in [5.41, 5.74) is 0. The van der Waals surface area contributed by atoms with Gasteiger partial charge in [-0.25, -0.2) is 0 Å². The van der Waals surface area contributed by atoms with E-state index in [4.69, 9.17) is 0 Å². The van der Waals surface area contributed by atoms with Crippen molar-refractivity contribution in [3.63, 3.8) is 0 Å². The van der Waals surface area contributed by atoms with Crippen molar-refractivity contribution < 1.29 is 8.97 Å². The van der Waals surface area contributed by atoms with E-state index in [1.807, 2.05) is 0 Å². The van der Waals surface area contributed by atoms with Crippen LogP contribution in [0.1, 0.15) is 25.7 Å². The van der Waals surface area contributed by atoms with Crippen LogP contribution in [0.15, 0.2) is 0 Å². The predicted molar refractivity (Wildman–Crippen MR) is 83.0 cm³/mol. The molecule has 0 aromatic heterocycles. The lowest BCUT2D eigenvalue weighted by atomic mass is 9.90. The number of rotatable bonds is 2. The maximum atomic E-state index is 2.46. The van der Waals surface area contributed by atoms with Crippen molar-refractivity contribution in [1.29, 1.82) is 0 Å². The van der Waals surface area contributed by atoms with Crippen LogP contribution < -0.4 is 0 Å². The predicted octanol–water partition coefficient (Wildman–Crippen LogP) is 2.45. The minimum absolute atomic E-state index is 0.966. The molecule has 4 aliphatic rings. The zero-order chi connectivity index (χ0) is 14.4. The van der Waals surface area contributed by atoms with E-state index < -0.39 is 0 Å². The molecule has 0 amide bonds. The van der Waals surface area contributed by atoms with Crippen LogP contribution in [0.4, 0.5) is 0 Å². The Kier molecular flexibility index (Phi) is 2.59. The van der Waals surface area contributed by atoms with Crippen molar-refractivity contribution in [3.05, 3.63) is 0 Å². The first-order chi connectivity index (χ1) is 9.21. The molecular weight excluding hydrogens is 244 g/mol. The number of nitrogens with zero attached hydrogens (tertiary/aromatic N) is 2. The molecular formula is C18H34N2+2. The Labute approximate surface area is 125 Å². The molecule has 4 rings (SSSR count). The van der Waals surface area contributed by atoms with Crippen molar-refractivity contribution in [3.8, 4) is 0 Å². The minimum Gasteiger partial charge on any atom is -0.328 e. The summed E-state index contributed by atoms with van der Waals surface area (Å²) >= 11 is 0. The molecule has 0 N–H and O–H groups in total. The highest BCUT2D eigenvalue weighted by molar-refractivity contribution is 5.16. The van der Waals surface area contributed by atoms with E-state index in [1.165, 1.54) is 34.6 Å². The zero-order valence-electron chi connectivity index (χ0n) is 14.3. The first kappa shape index (κ1) is 13.6. The third-order valence-electron chi connectivity index (χ3n) is 7.63. The summed E-state index contributed by atoms with van der Waals surface area (Å²) in [4.78, 5) is 0. The first-order valence-corrected chi connectivity index (χ1v) is 8.83. The summed E-state index contributed by atoms with van der Waals surface area (Å²) in [5.74, 6) is 6.39. The van der Waals surface area contributed by atoms with E-state index in [2.05, 4.69) is 42.3 Å². The highest BCUT2D eigenvalue weighted by Crippen LogP contribution is 2.69. The Morgan fingerprint density at radius 1 is 0.500 bits per heavy atom. The van der Waals surface area contributed by atoms with Crippen LogP contribution in [0.3, 0.4) is 0 Å². The van der Waals surface area contributed by atoms with Gasteiger partial charge >= 0.3 is 0 Å². The Morgan fingerprint density at radius 3 is 0.950 bits per heavy atom. The molecule has 114 valence electrons. The topological polar surface area (TPSA) is 0 Å². The average molecular weight is 278 g/mol. The lowest BCUT2D eigenvalue weighted by Gasteiger charge is -2.39. The van der Waals surface area contributed by atoms with Crippen molar-refractivity contribution in [1.82, 2.24) is 0 Å². The third kappa shape index (κ3) is 1.53. The smallest absolute Gasteiger partial charge is 0.0946 e. The van der Waals surface area contributed by atoms with Gasteiger partial charge in [-0.1, -0.05) is 0 Å². The molecule has 6 atom stereocenters. The van der Waals surface area contributed by atoms with Crippen LogP contribution in [0, 0.1) is 35.5 Å². The van der Waals surface area contributed by atoms with Gasteiger partial charge in [-0.3, -0.25) is 0 Å². The standard InChI is InChI=1S/C18H34N2/c1-19(2,3)17-11-7-9-13-15(11)16-12(17)8-10-14(16)18(13)20(4,5)6/h11-18H,7-10H2,1-6H3/q+2/t11-,12+,13-,14+,15?,16?,17?,18?. The monoisotopic (exact) mass is 278 g/mol. The van der Waals surface area contributed by atoms with Crippen molar-refractivity contribution >= 4 is 0 Å². The van der Waals surface area contributed by atoms with E-state index in [1.54, 1.807) is 0 Å². The molecule has 2 heteroatoms. The third-order valence-corrected chi connectivity index (χ3v) is 7.63.